The summed E-state index contributed by atoms with van der Waals surface area (Å²) in [4.78, 5) is 38.2. The molecule has 1 aliphatic rings. The SMILES string of the molecule is Cc1cc(C)c(C(=O)COC(=O)c2ccc(N3CCCC3=O)cc2)c(C)c1. The lowest BCUT2D eigenvalue weighted by Crippen LogP contribution is -2.23. The average Bonchev–Trinajstić information content (AvgIpc) is 3.05. The number of aryl methyl sites for hydroxylation is 3. The summed E-state index contributed by atoms with van der Waals surface area (Å²) < 4.78 is 5.20. The summed E-state index contributed by atoms with van der Waals surface area (Å²) in [5, 5.41) is 0. The molecule has 1 saturated heterocycles. The van der Waals surface area contributed by atoms with Crippen molar-refractivity contribution in [2.45, 2.75) is 33.6 Å². The van der Waals surface area contributed by atoms with Crippen LogP contribution in [0.25, 0.3) is 0 Å². The highest BCUT2D eigenvalue weighted by Crippen LogP contribution is 2.22. The molecule has 140 valence electrons. The van der Waals surface area contributed by atoms with E-state index in [1.165, 1.54) is 0 Å². The number of Topliss-reactive ketones (excluding diaryl/α,β-unsaturated/α-hetero) is 1. The predicted molar refractivity (Wildman–Crippen MR) is 103 cm³/mol. The van der Waals surface area contributed by atoms with Crippen molar-refractivity contribution in [2.75, 3.05) is 18.1 Å². The van der Waals surface area contributed by atoms with Crippen LogP contribution in [0.15, 0.2) is 36.4 Å². The minimum absolute atomic E-state index is 0.0970. The number of esters is 1. The lowest BCUT2D eigenvalue weighted by Gasteiger charge is -2.15. The Balaban J connectivity index is 1.64. The number of amides is 1. The fourth-order valence-electron chi connectivity index (χ4n) is 3.61. The molecule has 1 amide bonds. The van der Waals surface area contributed by atoms with E-state index in [4.69, 9.17) is 4.74 Å². The number of ketones is 1. The van der Waals surface area contributed by atoms with Crippen molar-refractivity contribution in [1.82, 2.24) is 0 Å². The Bertz CT molecular complexity index is 876. The van der Waals surface area contributed by atoms with Gasteiger partial charge in [0.05, 0.1) is 5.56 Å². The molecule has 0 bridgehead atoms. The van der Waals surface area contributed by atoms with Crippen LogP contribution in [0.1, 0.15) is 50.2 Å². The van der Waals surface area contributed by atoms with Crippen molar-refractivity contribution in [1.29, 1.82) is 0 Å². The molecular weight excluding hydrogens is 342 g/mol. The molecule has 0 radical (unpaired) electrons. The summed E-state index contributed by atoms with van der Waals surface area (Å²) in [6, 6.07) is 10.6. The minimum Gasteiger partial charge on any atom is -0.454 e. The van der Waals surface area contributed by atoms with Gasteiger partial charge in [0.25, 0.3) is 0 Å². The fraction of sp³-hybridized carbons (Fsp3) is 0.318. The van der Waals surface area contributed by atoms with Gasteiger partial charge in [0.1, 0.15) is 0 Å². The molecule has 2 aromatic carbocycles. The van der Waals surface area contributed by atoms with E-state index < -0.39 is 5.97 Å². The van der Waals surface area contributed by atoms with Gasteiger partial charge in [0, 0.05) is 24.2 Å². The van der Waals surface area contributed by atoms with Crippen LogP contribution in [-0.4, -0.2) is 30.8 Å². The third-order valence-electron chi connectivity index (χ3n) is 4.78. The largest absolute Gasteiger partial charge is 0.454 e. The third-order valence-corrected chi connectivity index (χ3v) is 4.78. The van der Waals surface area contributed by atoms with Crippen LogP contribution in [0, 0.1) is 20.8 Å². The van der Waals surface area contributed by atoms with E-state index >= 15 is 0 Å². The van der Waals surface area contributed by atoms with Crippen molar-refractivity contribution in [3.05, 3.63) is 64.2 Å². The quantitative estimate of drug-likeness (QED) is 0.597. The first-order valence-corrected chi connectivity index (χ1v) is 9.05. The summed E-state index contributed by atoms with van der Waals surface area (Å²) in [6.45, 7) is 6.15. The summed E-state index contributed by atoms with van der Waals surface area (Å²) in [5.74, 6) is -0.664. The summed E-state index contributed by atoms with van der Waals surface area (Å²) in [6.07, 6.45) is 1.41. The molecule has 3 rings (SSSR count). The highest BCUT2D eigenvalue weighted by molar-refractivity contribution is 6.01. The Morgan fingerprint density at radius 1 is 1.04 bits per heavy atom. The van der Waals surface area contributed by atoms with Crippen LogP contribution in [0.3, 0.4) is 0 Å². The van der Waals surface area contributed by atoms with Crippen LogP contribution in [0.5, 0.6) is 0 Å². The first-order valence-electron chi connectivity index (χ1n) is 9.05. The van der Waals surface area contributed by atoms with Crippen LogP contribution >= 0.6 is 0 Å². The Morgan fingerprint density at radius 3 is 2.22 bits per heavy atom. The molecular formula is C22H23NO4. The maximum atomic E-state index is 12.5. The highest BCUT2D eigenvalue weighted by atomic mass is 16.5. The molecule has 5 nitrogen and oxygen atoms in total. The smallest absolute Gasteiger partial charge is 0.338 e. The topological polar surface area (TPSA) is 63.7 Å². The second-order valence-electron chi connectivity index (χ2n) is 6.97. The summed E-state index contributed by atoms with van der Waals surface area (Å²) >= 11 is 0. The summed E-state index contributed by atoms with van der Waals surface area (Å²) in [7, 11) is 0. The van der Waals surface area contributed by atoms with Crippen molar-refractivity contribution in [3.63, 3.8) is 0 Å². The lowest BCUT2D eigenvalue weighted by molar-refractivity contribution is -0.117. The second-order valence-corrected chi connectivity index (χ2v) is 6.97. The predicted octanol–water partition coefficient (Wildman–Crippen LogP) is 3.78. The monoisotopic (exact) mass is 365 g/mol. The van der Waals surface area contributed by atoms with Crippen molar-refractivity contribution >= 4 is 23.3 Å². The number of benzene rings is 2. The van der Waals surface area contributed by atoms with E-state index in [9.17, 15) is 14.4 Å². The number of hydrogen-bond acceptors (Lipinski definition) is 4. The van der Waals surface area contributed by atoms with Crippen LogP contribution in [-0.2, 0) is 9.53 Å². The molecule has 0 N–H and O–H groups in total. The standard InChI is InChI=1S/C22H23NO4/c1-14-11-15(2)21(16(3)12-14)19(24)13-27-22(26)17-6-8-18(9-7-17)23-10-4-5-20(23)25/h6-9,11-12H,4-5,10,13H2,1-3H3. The van der Waals surface area contributed by atoms with E-state index in [1.54, 1.807) is 29.2 Å². The molecule has 0 atom stereocenters. The molecule has 27 heavy (non-hydrogen) atoms. The Labute approximate surface area is 158 Å². The van der Waals surface area contributed by atoms with Crippen molar-refractivity contribution in [3.8, 4) is 0 Å². The van der Waals surface area contributed by atoms with Crippen LogP contribution < -0.4 is 4.90 Å². The van der Waals surface area contributed by atoms with E-state index in [-0.39, 0.29) is 18.3 Å². The average molecular weight is 365 g/mol. The molecule has 2 aromatic rings. The highest BCUT2D eigenvalue weighted by Gasteiger charge is 2.22. The van der Waals surface area contributed by atoms with Crippen molar-refractivity contribution < 1.29 is 19.1 Å². The Hall–Kier alpha value is -2.95. The zero-order chi connectivity index (χ0) is 19.6. The van der Waals surface area contributed by atoms with Gasteiger partial charge < -0.3 is 9.64 Å². The van der Waals surface area contributed by atoms with Crippen LogP contribution in [0.2, 0.25) is 0 Å². The molecule has 0 aromatic heterocycles. The Morgan fingerprint density at radius 2 is 1.67 bits per heavy atom. The number of anilines is 1. The second kappa shape index (κ2) is 7.74. The van der Waals surface area contributed by atoms with E-state index in [2.05, 4.69) is 0 Å². The maximum Gasteiger partial charge on any atom is 0.338 e. The zero-order valence-electron chi connectivity index (χ0n) is 15.9. The number of carbonyl (C=O) groups is 3. The third kappa shape index (κ3) is 4.08. The number of nitrogens with zero attached hydrogens (tertiary/aromatic N) is 1. The summed E-state index contributed by atoms with van der Waals surface area (Å²) in [5.41, 5.74) is 4.60. The lowest BCUT2D eigenvalue weighted by atomic mass is 9.97. The van der Waals surface area contributed by atoms with Gasteiger partial charge in [-0.1, -0.05) is 17.7 Å². The van der Waals surface area contributed by atoms with Gasteiger partial charge in [-0.2, -0.15) is 0 Å². The van der Waals surface area contributed by atoms with Gasteiger partial charge in [-0.05, 0) is 62.6 Å². The van der Waals surface area contributed by atoms with Crippen LogP contribution in [0.4, 0.5) is 5.69 Å². The Kier molecular flexibility index (Phi) is 5.40. The molecule has 0 spiro atoms. The maximum absolute atomic E-state index is 12.5. The molecule has 1 aliphatic heterocycles. The number of carbonyl (C=O) groups excluding carboxylic acids is 3. The van der Waals surface area contributed by atoms with Gasteiger partial charge in [-0.15, -0.1) is 0 Å². The fourth-order valence-corrected chi connectivity index (χ4v) is 3.61. The van der Waals surface area contributed by atoms with E-state index in [0.29, 0.717) is 24.1 Å². The molecule has 0 aliphatic carbocycles. The number of rotatable bonds is 5. The van der Waals surface area contributed by atoms with E-state index in [1.807, 2.05) is 32.9 Å². The molecule has 0 saturated carbocycles. The molecule has 1 fully saturated rings. The minimum atomic E-state index is -0.551. The van der Waals surface area contributed by atoms with Gasteiger partial charge in [0.2, 0.25) is 11.7 Å². The number of hydrogen-bond donors (Lipinski definition) is 0. The van der Waals surface area contributed by atoms with Gasteiger partial charge in [-0.3, -0.25) is 9.59 Å². The molecule has 0 unspecified atom stereocenters. The first kappa shape index (κ1) is 18.8. The zero-order valence-corrected chi connectivity index (χ0v) is 15.9. The van der Waals surface area contributed by atoms with E-state index in [0.717, 1.165) is 28.8 Å². The van der Waals surface area contributed by atoms with Gasteiger partial charge in [-0.25, -0.2) is 4.79 Å². The number of ether oxygens (including phenoxy) is 1. The van der Waals surface area contributed by atoms with Crippen molar-refractivity contribution in [2.24, 2.45) is 0 Å². The first-order chi connectivity index (χ1) is 12.9. The molecule has 1 heterocycles. The van der Waals surface area contributed by atoms with Gasteiger partial charge in [0.15, 0.2) is 6.61 Å². The normalized spacial score (nSPS) is 13.7. The van der Waals surface area contributed by atoms with Gasteiger partial charge >= 0.3 is 5.97 Å². The molecule has 5 heteroatoms.